The highest BCUT2D eigenvalue weighted by atomic mass is 32.2. The molecule has 3 heterocycles. The minimum Gasteiger partial charge on any atom is -0.490 e. The minimum absolute atomic E-state index is 0.0887. The second-order valence-electron chi connectivity index (χ2n) is 8.46. The second-order valence-corrected chi connectivity index (χ2v) is 10.4. The van der Waals surface area contributed by atoms with Crippen molar-refractivity contribution >= 4 is 15.9 Å². The molecule has 0 unspecified atom stereocenters. The van der Waals surface area contributed by atoms with E-state index in [2.05, 4.69) is 0 Å². The third-order valence-corrected chi connectivity index (χ3v) is 8.25. The van der Waals surface area contributed by atoms with Gasteiger partial charge in [0.25, 0.3) is 5.91 Å². The van der Waals surface area contributed by atoms with Crippen LogP contribution in [0.5, 0.6) is 11.5 Å². The highest BCUT2D eigenvalue weighted by Crippen LogP contribution is 2.38. The summed E-state index contributed by atoms with van der Waals surface area (Å²) in [5.74, 6) is 1.28. The van der Waals surface area contributed by atoms with E-state index in [1.165, 1.54) is 10.4 Å². The highest BCUT2D eigenvalue weighted by molar-refractivity contribution is 7.89. The van der Waals surface area contributed by atoms with Crippen LogP contribution in [0.15, 0.2) is 47.4 Å². The lowest BCUT2D eigenvalue weighted by molar-refractivity contribution is 0.0727. The van der Waals surface area contributed by atoms with Crippen molar-refractivity contribution in [3.05, 3.63) is 53.6 Å². The van der Waals surface area contributed by atoms with Crippen LogP contribution in [-0.2, 0) is 14.8 Å². The van der Waals surface area contributed by atoms with Crippen molar-refractivity contribution in [2.45, 2.75) is 30.2 Å². The molecule has 176 valence electrons. The van der Waals surface area contributed by atoms with Gasteiger partial charge in [-0.15, -0.1) is 0 Å². The minimum atomic E-state index is -3.67. The largest absolute Gasteiger partial charge is 0.490 e. The molecule has 0 aromatic heterocycles. The number of carbonyl (C=O) groups excluding carboxylic acids is 1. The van der Waals surface area contributed by atoms with Crippen molar-refractivity contribution in [1.82, 2.24) is 9.21 Å². The molecule has 3 aliphatic rings. The van der Waals surface area contributed by atoms with Crippen LogP contribution < -0.4 is 9.47 Å². The molecule has 0 saturated carbocycles. The number of carbonyl (C=O) groups is 1. The standard InChI is InChI=1S/C24H28N2O6S/c27-24(19-4-1-5-20(16-19)33(28,29)25-10-14-30-15-11-25)26-9-2-6-21(26)18-7-8-22-23(17-18)32-13-3-12-31-22/h1,4-5,7-8,16-17,21H,2-3,6,9-15H2/t21-/m0/s1. The molecular formula is C24H28N2O6S. The number of likely N-dealkylation sites (tertiary alicyclic amines) is 1. The van der Waals surface area contributed by atoms with E-state index >= 15 is 0 Å². The number of nitrogens with zero attached hydrogens (tertiary/aromatic N) is 2. The summed E-state index contributed by atoms with van der Waals surface area (Å²) in [5.41, 5.74) is 1.38. The number of rotatable bonds is 4. The summed E-state index contributed by atoms with van der Waals surface area (Å²) in [6, 6.07) is 12.1. The Balaban J connectivity index is 1.39. The molecule has 1 atom stereocenters. The topological polar surface area (TPSA) is 85.4 Å². The van der Waals surface area contributed by atoms with Crippen LogP contribution in [0.3, 0.4) is 0 Å². The Hall–Kier alpha value is -2.62. The second kappa shape index (κ2) is 9.32. The first kappa shape index (κ1) is 22.2. The van der Waals surface area contributed by atoms with Crippen molar-refractivity contribution in [1.29, 1.82) is 0 Å². The first-order valence-corrected chi connectivity index (χ1v) is 12.9. The van der Waals surface area contributed by atoms with Crippen molar-refractivity contribution < 1.29 is 27.4 Å². The highest BCUT2D eigenvalue weighted by Gasteiger charge is 2.33. The van der Waals surface area contributed by atoms with Crippen LogP contribution in [0.1, 0.15) is 41.2 Å². The van der Waals surface area contributed by atoms with Gasteiger partial charge >= 0.3 is 0 Å². The molecule has 0 aliphatic carbocycles. The summed E-state index contributed by atoms with van der Waals surface area (Å²) in [6.45, 7) is 3.25. The third-order valence-electron chi connectivity index (χ3n) is 6.36. The van der Waals surface area contributed by atoms with Crippen LogP contribution in [-0.4, -0.2) is 69.6 Å². The molecule has 0 radical (unpaired) electrons. The smallest absolute Gasteiger partial charge is 0.254 e. The lowest BCUT2D eigenvalue weighted by Gasteiger charge is -2.27. The van der Waals surface area contributed by atoms with Crippen molar-refractivity contribution in [2.75, 3.05) is 46.1 Å². The molecule has 2 saturated heterocycles. The van der Waals surface area contributed by atoms with Crippen molar-refractivity contribution in [2.24, 2.45) is 0 Å². The Morgan fingerprint density at radius 3 is 2.48 bits per heavy atom. The Labute approximate surface area is 194 Å². The molecule has 3 aliphatic heterocycles. The number of ether oxygens (including phenoxy) is 3. The molecule has 0 bridgehead atoms. The molecule has 33 heavy (non-hydrogen) atoms. The van der Waals surface area contributed by atoms with Gasteiger partial charge in [-0.25, -0.2) is 8.42 Å². The van der Waals surface area contributed by atoms with Gasteiger partial charge in [0.1, 0.15) is 0 Å². The molecule has 5 rings (SSSR count). The summed E-state index contributed by atoms with van der Waals surface area (Å²) in [4.78, 5) is 15.4. The maximum Gasteiger partial charge on any atom is 0.254 e. The van der Waals surface area contributed by atoms with E-state index in [4.69, 9.17) is 14.2 Å². The SMILES string of the molecule is O=C(c1cccc(S(=O)(=O)N2CCOCC2)c1)N1CCC[C@H]1c1ccc2c(c1)OCCCO2. The summed E-state index contributed by atoms with van der Waals surface area (Å²) >= 11 is 0. The zero-order chi connectivity index (χ0) is 22.8. The van der Waals surface area contributed by atoms with Gasteiger partial charge in [-0.1, -0.05) is 12.1 Å². The molecule has 9 heteroatoms. The number of amides is 1. The molecule has 2 aromatic rings. The van der Waals surface area contributed by atoms with Gasteiger partial charge in [0.05, 0.1) is 37.4 Å². The quantitative estimate of drug-likeness (QED) is 0.680. The first-order valence-electron chi connectivity index (χ1n) is 11.4. The number of sulfonamides is 1. The Kier molecular flexibility index (Phi) is 6.27. The predicted octanol–water partition coefficient (Wildman–Crippen LogP) is 2.85. The average Bonchev–Trinajstić information content (AvgIpc) is 3.22. The van der Waals surface area contributed by atoms with E-state index in [-0.39, 0.29) is 16.8 Å². The molecule has 0 spiro atoms. The fourth-order valence-corrected chi connectivity index (χ4v) is 6.09. The van der Waals surface area contributed by atoms with Gasteiger partial charge in [0, 0.05) is 31.6 Å². The van der Waals surface area contributed by atoms with E-state index in [0.717, 1.165) is 30.6 Å². The van der Waals surface area contributed by atoms with Crippen LogP contribution in [0, 0.1) is 0 Å². The van der Waals surface area contributed by atoms with Crippen molar-refractivity contribution in [3.8, 4) is 11.5 Å². The average molecular weight is 473 g/mol. The van der Waals surface area contributed by atoms with Crippen molar-refractivity contribution in [3.63, 3.8) is 0 Å². The molecule has 1 amide bonds. The van der Waals surface area contributed by atoms with Crippen LogP contribution in [0.25, 0.3) is 0 Å². The monoisotopic (exact) mass is 472 g/mol. The van der Waals surface area contributed by atoms with Gasteiger partial charge in [0.2, 0.25) is 10.0 Å². The third kappa shape index (κ3) is 4.45. The normalized spacial score (nSPS) is 21.6. The number of fused-ring (bicyclic) bond motifs is 1. The summed E-state index contributed by atoms with van der Waals surface area (Å²) in [6.07, 6.45) is 2.57. The predicted molar refractivity (Wildman–Crippen MR) is 121 cm³/mol. The molecule has 8 nitrogen and oxygen atoms in total. The Morgan fingerprint density at radius 2 is 1.67 bits per heavy atom. The molecular weight excluding hydrogens is 444 g/mol. The van der Waals surface area contributed by atoms with E-state index in [9.17, 15) is 13.2 Å². The van der Waals surface area contributed by atoms with Crippen LogP contribution in [0.2, 0.25) is 0 Å². The van der Waals surface area contributed by atoms with Gasteiger partial charge < -0.3 is 19.1 Å². The number of hydrogen-bond donors (Lipinski definition) is 0. The molecule has 2 aromatic carbocycles. The maximum atomic E-state index is 13.5. The number of hydrogen-bond acceptors (Lipinski definition) is 6. The van der Waals surface area contributed by atoms with E-state index < -0.39 is 10.0 Å². The molecule has 0 N–H and O–H groups in total. The Morgan fingerprint density at radius 1 is 0.879 bits per heavy atom. The van der Waals surface area contributed by atoms with Crippen LogP contribution >= 0.6 is 0 Å². The summed E-state index contributed by atoms with van der Waals surface area (Å²) in [7, 11) is -3.67. The zero-order valence-corrected chi connectivity index (χ0v) is 19.3. The van der Waals surface area contributed by atoms with Gasteiger partial charge in [0.15, 0.2) is 11.5 Å². The lowest BCUT2D eigenvalue weighted by atomic mass is 10.0. The van der Waals surface area contributed by atoms with Gasteiger partial charge in [-0.2, -0.15) is 4.31 Å². The number of benzene rings is 2. The fourth-order valence-electron chi connectivity index (χ4n) is 4.63. The van der Waals surface area contributed by atoms with E-state index in [0.29, 0.717) is 57.4 Å². The van der Waals surface area contributed by atoms with E-state index in [1.54, 1.807) is 18.2 Å². The Bertz CT molecular complexity index is 1130. The van der Waals surface area contributed by atoms with Crippen LogP contribution in [0.4, 0.5) is 0 Å². The first-order chi connectivity index (χ1) is 16.0. The zero-order valence-electron chi connectivity index (χ0n) is 18.4. The number of morpholine rings is 1. The lowest BCUT2D eigenvalue weighted by Crippen LogP contribution is -2.40. The van der Waals surface area contributed by atoms with Gasteiger partial charge in [-0.3, -0.25) is 4.79 Å². The maximum absolute atomic E-state index is 13.5. The van der Waals surface area contributed by atoms with Gasteiger partial charge in [-0.05, 0) is 48.7 Å². The summed E-state index contributed by atoms with van der Waals surface area (Å²) in [5, 5.41) is 0. The van der Waals surface area contributed by atoms with E-state index in [1.807, 2.05) is 23.1 Å². The fraction of sp³-hybridized carbons (Fsp3) is 0.458. The molecule has 2 fully saturated rings. The summed E-state index contributed by atoms with van der Waals surface area (Å²) < 4.78 is 44.4.